The Labute approximate surface area is 118 Å². The van der Waals surface area contributed by atoms with Crippen molar-refractivity contribution in [1.82, 2.24) is 0 Å². The molecular formula is C17H17NO2. The number of carbonyl (C=O) groups is 1. The molecule has 0 aromatic heterocycles. The average Bonchev–Trinajstić information content (AvgIpc) is 2.53. The van der Waals surface area contributed by atoms with Crippen LogP contribution in [0.2, 0.25) is 0 Å². The van der Waals surface area contributed by atoms with Gasteiger partial charge in [-0.1, -0.05) is 72.7 Å². The molecule has 0 saturated carbocycles. The van der Waals surface area contributed by atoms with Gasteiger partial charge in [0.2, 0.25) is 5.78 Å². The summed E-state index contributed by atoms with van der Waals surface area (Å²) >= 11 is 0. The van der Waals surface area contributed by atoms with Gasteiger partial charge in [0.1, 0.15) is 6.61 Å². The van der Waals surface area contributed by atoms with E-state index >= 15 is 0 Å². The lowest BCUT2D eigenvalue weighted by Gasteiger charge is -2.06. The van der Waals surface area contributed by atoms with Crippen LogP contribution >= 0.6 is 0 Å². The first-order valence-electron chi connectivity index (χ1n) is 6.68. The summed E-state index contributed by atoms with van der Waals surface area (Å²) in [4.78, 5) is 17.7. The Morgan fingerprint density at radius 2 is 1.50 bits per heavy atom. The van der Waals surface area contributed by atoms with Gasteiger partial charge in [0, 0.05) is 11.1 Å². The van der Waals surface area contributed by atoms with Crippen LogP contribution in [0.3, 0.4) is 0 Å². The third kappa shape index (κ3) is 3.54. The molecule has 20 heavy (non-hydrogen) atoms. The van der Waals surface area contributed by atoms with E-state index in [4.69, 9.17) is 4.84 Å². The predicted molar refractivity (Wildman–Crippen MR) is 80.0 cm³/mol. The first-order valence-corrected chi connectivity index (χ1v) is 6.68. The lowest BCUT2D eigenvalue weighted by Crippen LogP contribution is -2.16. The third-order valence-electron chi connectivity index (χ3n) is 2.75. The molecule has 0 fully saturated rings. The van der Waals surface area contributed by atoms with Crippen LogP contribution in [0.1, 0.15) is 29.3 Å². The van der Waals surface area contributed by atoms with Crippen LogP contribution in [0.25, 0.3) is 0 Å². The lowest BCUT2D eigenvalue weighted by atomic mass is 10.0. The maximum atomic E-state index is 12.5. The van der Waals surface area contributed by atoms with E-state index in [1.165, 1.54) is 0 Å². The Kier molecular flexibility index (Phi) is 5.07. The summed E-state index contributed by atoms with van der Waals surface area (Å²) in [6.07, 6.45) is 0.852. The smallest absolute Gasteiger partial charge is 0.215 e. The summed E-state index contributed by atoms with van der Waals surface area (Å²) in [5, 5.41) is 4.03. The number of carbonyl (C=O) groups excluding carboxylic acids is 1. The summed E-state index contributed by atoms with van der Waals surface area (Å²) in [5.41, 5.74) is 1.71. The highest BCUT2D eigenvalue weighted by Gasteiger charge is 2.16. The van der Waals surface area contributed by atoms with Crippen molar-refractivity contribution >= 4 is 11.5 Å². The van der Waals surface area contributed by atoms with Gasteiger partial charge in [0.05, 0.1) is 0 Å². The molecule has 0 atom stereocenters. The summed E-state index contributed by atoms with van der Waals surface area (Å²) in [5.74, 6) is -0.132. The molecule has 0 bridgehead atoms. The van der Waals surface area contributed by atoms with Crippen LogP contribution in [0, 0.1) is 0 Å². The molecule has 2 aromatic carbocycles. The molecule has 0 aliphatic carbocycles. The topological polar surface area (TPSA) is 38.7 Å². The Bertz CT molecular complexity index is 576. The minimum absolute atomic E-state index is 0.132. The molecule has 2 rings (SSSR count). The van der Waals surface area contributed by atoms with Gasteiger partial charge >= 0.3 is 0 Å². The lowest BCUT2D eigenvalue weighted by molar-refractivity contribution is 0.104. The number of benzene rings is 2. The van der Waals surface area contributed by atoms with E-state index in [0.717, 1.165) is 12.0 Å². The van der Waals surface area contributed by atoms with Crippen molar-refractivity contribution in [3.63, 3.8) is 0 Å². The molecule has 0 radical (unpaired) electrons. The maximum Gasteiger partial charge on any atom is 0.215 e. The van der Waals surface area contributed by atoms with Crippen molar-refractivity contribution in [3.8, 4) is 0 Å². The highest BCUT2D eigenvalue weighted by Crippen LogP contribution is 2.09. The fourth-order valence-electron chi connectivity index (χ4n) is 1.75. The molecule has 102 valence electrons. The molecule has 0 aliphatic heterocycles. The van der Waals surface area contributed by atoms with Crippen LogP contribution < -0.4 is 0 Å². The largest absolute Gasteiger partial charge is 0.395 e. The van der Waals surface area contributed by atoms with E-state index in [9.17, 15) is 4.79 Å². The summed E-state index contributed by atoms with van der Waals surface area (Å²) in [6.45, 7) is 2.50. The van der Waals surface area contributed by atoms with Gasteiger partial charge in [-0.2, -0.15) is 0 Å². The Hall–Kier alpha value is -2.42. The molecule has 3 nitrogen and oxygen atoms in total. The van der Waals surface area contributed by atoms with E-state index in [1.807, 2.05) is 55.5 Å². The summed E-state index contributed by atoms with van der Waals surface area (Å²) in [7, 11) is 0. The van der Waals surface area contributed by atoms with Gasteiger partial charge in [0.15, 0.2) is 5.71 Å². The number of oxime groups is 1. The van der Waals surface area contributed by atoms with E-state index in [0.29, 0.717) is 17.9 Å². The van der Waals surface area contributed by atoms with E-state index < -0.39 is 0 Å². The average molecular weight is 267 g/mol. The molecule has 3 heteroatoms. The minimum Gasteiger partial charge on any atom is -0.395 e. The fraction of sp³-hybridized carbons (Fsp3) is 0.176. The van der Waals surface area contributed by atoms with Gasteiger partial charge in [0.25, 0.3) is 0 Å². The molecular weight excluding hydrogens is 250 g/mol. The highest BCUT2D eigenvalue weighted by molar-refractivity contribution is 6.51. The third-order valence-corrected chi connectivity index (χ3v) is 2.75. The number of hydrogen-bond donors (Lipinski definition) is 0. The highest BCUT2D eigenvalue weighted by atomic mass is 16.6. The molecule has 0 spiro atoms. The van der Waals surface area contributed by atoms with Crippen LogP contribution in [-0.4, -0.2) is 18.1 Å². The van der Waals surface area contributed by atoms with Crippen molar-refractivity contribution in [3.05, 3.63) is 71.8 Å². The van der Waals surface area contributed by atoms with Crippen LogP contribution in [-0.2, 0) is 4.84 Å². The molecule has 2 aromatic rings. The molecule has 0 unspecified atom stereocenters. The van der Waals surface area contributed by atoms with Crippen molar-refractivity contribution < 1.29 is 9.63 Å². The van der Waals surface area contributed by atoms with Crippen LogP contribution in [0.5, 0.6) is 0 Å². The van der Waals surface area contributed by atoms with Crippen molar-refractivity contribution in [1.29, 1.82) is 0 Å². The second-order valence-electron chi connectivity index (χ2n) is 4.33. The SMILES string of the molecule is CCCON=C(C(=O)c1ccccc1)c1ccccc1. The molecule has 0 N–H and O–H groups in total. The molecule has 0 amide bonds. The fourth-order valence-corrected chi connectivity index (χ4v) is 1.75. The van der Waals surface area contributed by atoms with Crippen LogP contribution in [0.15, 0.2) is 65.8 Å². The van der Waals surface area contributed by atoms with Crippen molar-refractivity contribution in [2.24, 2.45) is 5.16 Å². The van der Waals surface area contributed by atoms with E-state index in [2.05, 4.69) is 5.16 Å². The van der Waals surface area contributed by atoms with E-state index in [-0.39, 0.29) is 5.78 Å². The van der Waals surface area contributed by atoms with Gasteiger partial charge in [-0.15, -0.1) is 0 Å². The zero-order valence-corrected chi connectivity index (χ0v) is 11.5. The van der Waals surface area contributed by atoms with Crippen LogP contribution in [0.4, 0.5) is 0 Å². The molecule has 0 saturated heterocycles. The van der Waals surface area contributed by atoms with Gasteiger partial charge in [-0.25, -0.2) is 0 Å². The standard InChI is InChI=1S/C17H17NO2/c1-2-13-20-18-16(14-9-5-3-6-10-14)17(19)15-11-7-4-8-12-15/h3-12H,2,13H2,1H3. The second kappa shape index (κ2) is 7.24. The second-order valence-corrected chi connectivity index (χ2v) is 4.33. The Morgan fingerprint density at radius 3 is 2.05 bits per heavy atom. The van der Waals surface area contributed by atoms with Crippen molar-refractivity contribution in [2.45, 2.75) is 13.3 Å². The number of nitrogens with zero attached hydrogens (tertiary/aromatic N) is 1. The monoisotopic (exact) mass is 267 g/mol. The van der Waals surface area contributed by atoms with Gasteiger partial charge in [-0.3, -0.25) is 4.79 Å². The normalized spacial score (nSPS) is 11.2. The summed E-state index contributed by atoms with van der Waals surface area (Å²) < 4.78 is 0. The number of rotatable bonds is 6. The zero-order chi connectivity index (χ0) is 14.2. The number of ketones is 1. The first-order chi connectivity index (χ1) is 9.83. The number of Topliss-reactive ketones (excluding diaryl/α,β-unsaturated/α-hetero) is 1. The van der Waals surface area contributed by atoms with Gasteiger partial charge < -0.3 is 4.84 Å². The number of hydrogen-bond acceptors (Lipinski definition) is 3. The zero-order valence-electron chi connectivity index (χ0n) is 11.5. The van der Waals surface area contributed by atoms with Gasteiger partial charge in [-0.05, 0) is 6.42 Å². The maximum absolute atomic E-state index is 12.5. The predicted octanol–water partition coefficient (Wildman–Crippen LogP) is 3.70. The first kappa shape index (κ1) is 14.0. The molecule has 0 aliphatic rings. The Morgan fingerprint density at radius 1 is 0.950 bits per heavy atom. The minimum atomic E-state index is -0.132. The van der Waals surface area contributed by atoms with E-state index in [1.54, 1.807) is 12.1 Å². The Balaban J connectivity index is 2.32. The van der Waals surface area contributed by atoms with Crippen molar-refractivity contribution in [2.75, 3.05) is 6.61 Å². The molecule has 0 heterocycles. The quantitative estimate of drug-likeness (QED) is 0.346. The summed E-state index contributed by atoms with van der Waals surface area (Å²) in [6, 6.07) is 18.5.